The number of hydrogen-bond donors (Lipinski definition) is 1. The molecule has 1 heterocycles. The molecule has 21 heavy (non-hydrogen) atoms. The van der Waals surface area contributed by atoms with Crippen LogP contribution in [0.5, 0.6) is 11.6 Å². The number of benzene rings is 1. The first kappa shape index (κ1) is 15.7. The molecule has 1 aromatic carbocycles. The van der Waals surface area contributed by atoms with Crippen molar-refractivity contribution in [1.29, 1.82) is 0 Å². The number of rotatable bonds is 5. The summed E-state index contributed by atoms with van der Waals surface area (Å²) in [7, 11) is 0. The van der Waals surface area contributed by atoms with E-state index in [1.54, 1.807) is 31.3 Å². The molecule has 0 amide bonds. The summed E-state index contributed by atoms with van der Waals surface area (Å²) in [5, 5.41) is 3.88. The topological polar surface area (TPSA) is 34.1 Å². The number of nitrogens with zero attached hydrogens (tertiary/aromatic N) is 1. The zero-order chi connectivity index (χ0) is 15.4. The van der Waals surface area contributed by atoms with Gasteiger partial charge in [0.05, 0.1) is 5.02 Å². The van der Waals surface area contributed by atoms with Gasteiger partial charge in [-0.1, -0.05) is 25.4 Å². The molecule has 2 aromatic rings. The van der Waals surface area contributed by atoms with Crippen molar-refractivity contribution in [3.63, 3.8) is 0 Å². The van der Waals surface area contributed by atoms with Crippen molar-refractivity contribution >= 4 is 11.6 Å². The molecule has 0 saturated heterocycles. The lowest BCUT2D eigenvalue weighted by Crippen LogP contribution is -2.22. The number of hydrogen-bond acceptors (Lipinski definition) is 3. The van der Waals surface area contributed by atoms with Crippen LogP contribution in [0.15, 0.2) is 30.5 Å². The average Bonchev–Trinajstić information content (AvgIpc) is 2.43. The number of nitrogens with one attached hydrogen (secondary N) is 1. The lowest BCUT2D eigenvalue weighted by molar-refractivity contribution is 0.459. The maximum atomic E-state index is 13.2. The van der Waals surface area contributed by atoms with Crippen molar-refractivity contribution in [3.05, 3.63) is 52.4 Å². The van der Waals surface area contributed by atoms with Crippen molar-refractivity contribution in [3.8, 4) is 11.6 Å². The van der Waals surface area contributed by atoms with E-state index in [0.717, 1.165) is 5.56 Å². The Morgan fingerprint density at radius 2 is 2.10 bits per heavy atom. The Morgan fingerprint density at radius 3 is 2.76 bits per heavy atom. The highest BCUT2D eigenvalue weighted by Gasteiger charge is 2.07. The van der Waals surface area contributed by atoms with Gasteiger partial charge in [-0.15, -0.1) is 0 Å². The van der Waals surface area contributed by atoms with Crippen molar-refractivity contribution in [2.75, 3.05) is 0 Å². The Morgan fingerprint density at radius 1 is 1.33 bits per heavy atom. The smallest absolute Gasteiger partial charge is 0.219 e. The number of halogens is 2. The quantitative estimate of drug-likeness (QED) is 0.884. The van der Waals surface area contributed by atoms with Crippen LogP contribution in [0.2, 0.25) is 5.02 Å². The summed E-state index contributed by atoms with van der Waals surface area (Å²) < 4.78 is 18.9. The molecule has 2 rings (SSSR count). The zero-order valence-electron chi connectivity index (χ0n) is 12.3. The van der Waals surface area contributed by atoms with Crippen LogP contribution < -0.4 is 10.1 Å². The molecule has 5 heteroatoms. The zero-order valence-corrected chi connectivity index (χ0v) is 13.0. The van der Waals surface area contributed by atoms with Gasteiger partial charge >= 0.3 is 0 Å². The summed E-state index contributed by atoms with van der Waals surface area (Å²) in [5.41, 5.74) is 1.44. The summed E-state index contributed by atoms with van der Waals surface area (Å²) in [6.45, 7) is 6.45. The highest BCUT2D eigenvalue weighted by Crippen LogP contribution is 2.25. The van der Waals surface area contributed by atoms with Crippen LogP contribution in [-0.4, -0.2) is 11.0 Å². The van der Waals surface area contributed by atoms with Gasteiger partial charge in [0, 0.05) is 24.8 Å². The summed E-state index contributed by atoms with van der Waals surface area (Å²) in [6, 6.07) is 6.74. The van der Waals surface area contributed by atoms with Gasteiger partial charge in [0.1, 0.15) is 11.6 Å². The van der Waals surface area contributed by atoms with E-state index in [0.29, 0.717) is 34.8 Å². The number of ether oxygens (including phenoxy) is 1. The SMILES string of the molecule is Cc1cc(Oc2cc(CNC(C)C)c(Cl)cn2)ccc1F. The van der Waals surface area contributed by atoms with Gasteiger partial charge < -0.3 is 10.1 Å². The number of aromatic nitrogens is 1. The third-order valence-electron chi connectivity index (χ3n) is 2.96. The van der Waals surface area contributed by atoms with E-state index in [1.165, 1.54) is 6.07 Å². The van der Waals surface area contributed by atoms with Crippen LogP contribution in [0, 0.1) is 12.7 Å². The molecule has 0 spiro atoms. The second-order valence-corrected chi connectivity index (χ2v) is 5.57. The Bertz CT molecular complexity index is 632. The van der Waals surface area contributed by atoms with Gasteiger partial charge in [-0.3, -0.25) is 0 Å². The molecule has 0 aliphatic carbocycles. The van der Waals surface area contributed by atoms with Crippen LogP contribution in [0.1, 0.15) is 25.0 Å². The lowest BCUT2D eigenvalue weighted by atomic mass is 10.2. The van der Waals surface area contributed by atoms with Crippen LogP contribution in [-0.2, 0) is 6.54 Å². The Hall–Kier alpha value is -1.65. The lowest BCUT2D eigenvalue weighted by Gasteiger charge is -2.11. The molecular weight excluding hydrogens is 291 g/mol. The fourth-order valence-corrected chi connectivity index (χ4v) is 1.94. The standard InChI is InChI=1S/C16H18ClFN2O/c1-10(2)19-8-12-7-16(20-9-14(12)17)21-13-4-5-15(18)11(3)6-13/h4-7,9-10,19H,8H2,1-3H3. The van der Waals surface area contributed by atoms with Crippen molar-refractivity contribution in [1.82, 2.24) is 10.3 Å². The second kappa shape index (κ2) is 6.87. The van der Waals surface area contributed by atoms with Gasteiger partial charge in [0.25, 0.3) is 0 Å². The van der Waals surface area contributed by atoms with E-state index >= 15 is 0 Å². The van der Waals surface area contributed by atoms with Gasteiger partial charge in [-0.25, -0.2) is 9.37 Å². The third-order valence-corrected chi connectivity index (χ3v) is 3.30. The van der Waals surface area contributed by atoms with E-state index < -0.39 is 0 Å². The summed E-state index contributed by atoms with van der Waals surface area (Å²) in [6.07, 6.45) is 1.56. The second-order valence-electron chi connectivity index (χ2n) is 5.16. The van der Waals surface area contributed by atoms with Crippen LogP contribution in [0.3, 0.4) is 0 Å². The molecule has 0 bridgehead atoms. The molecule has 3 nitrogen and oxygen atoms in total. The van der Waals surface area contributed by atoms with Gasteiger partial charge in [0.15, 0.2) is 0 Å². The van der Waals surface area contributed by atoms with Crippen LogP contribution >= 0.6 is 11.6 Å². The molecule has 1 aromatic heterocycles. The molecule has 0 aliphatic rings. The first-order chi connectivity index (χ1) is 9.95. The van der Waals surface area contributed by atoms with Gasteiger partial charge in [-0.05, 0) is 36.2 Å². The first-order valence-corrected chi connectivity index (χ1v) is 7.15. The van der Waals surface area contributed by atoms with E-state index in [9.17, 15) is 4.39 Å². The van der Waals surface area contributed by atoms with Crippen LogP contribution in [0.25, 0.3) is 0 Å². The van der Waals surface area contributed by atoms with E-state index in [1.807, 2.05) is 0 Å². The molecule has 112 valence electrons. The van der Waals surface area contributed by atoms with E-state index in [2.05, 4.69) is 24.1 Å². The first-order valence-electron chi connectivity index (χ1n) is 6.77. The molecule has 0 radical (unpaired) electrons. The predicted molar refractivity (Wildman–Crippen MR) is 82.4 cm³/mol. The molecule has 0 fully saturated rings. The normalized spacial score (nSPS) is 11.0. The predicted octanol–water partition coefficient (Wildman–Crippen LogP) is 4.47. The summed E-state index contributed by atoms with van der Waals surface area (Å²) in [4.78, 5) is 4.14. The number of aryl methyl sites for hydroxylation is 1. The molecular formula is C16H18ClFN2O. The average molecular weight is 309 g/mol. The Kier molecular flexibility index (Phi) is 5.15. The van der Waals surface area contributed by atoms with Crippen molar-refractivity contribution < 1.29 is 9.13 Å². The Balaban J connectivity index is 2.16. The number of pyridine rings is 1. The molecule has 0 unspecified atom stereocenters. The summed E-state index contributed by atoms with van der Waals surface area (Å²) >= 11 is 6.12. The van der Waals surface area contributed by atoms with E-state index in [-0.39, 0.29) is 5.82 Å². The highest BCUT2D eigenvalue weighted by atomic mass is 35.5. The monoisotopic (exact) mass is 308 g/mol. The van der Waals surface area contributed by atoms with Crippen molar-refractivity contribution in [2.24, 2.45) is 0 Å². The van der Waals surface area contributed by atoms with Crippen molar-refractivity contribution in [2.45, 2.75) is 33.4 Å². The fourth-order valence-electron chi connectivity index (χ4n) is 1.77. The minimum Gasteiger partial charge on any atom is -0.439 e. The maximum absolute atomic E-state index is 13.2. The molecule has 1 N–H and O–H groups in total. The van der Waals surface area contributed by atoms with Gasteiger partial charge in [-0.2, -0.15) is 0 Å². The molecule has 0 aliphatic heterocycles. The minimum atomic E-state index is -0.256. The third kappa shape index (κ3) is 4.41. The highest BCUT2D eigenvalue weighted by molar-refractivity contribution is 6.31. The minimum absolute atomic E-state index is 0.256. The van der Waals surface area contributed by atoms with E-state index in [4.69, 9.17) is 16.3 Å². The van der Waals surface area contributed by atoms with Crippen LogP contribution in [0.4, 0.5) is 4.39 Å². The largest absolute Gasteiger partial charge is 0.439 e. The fraction of sp³-hybridized carbons (Fsp3) is 0.312. The molecule has 0 saturated carbocycles. The maximum Gasteiger partial charge on any atom is 0.219 e. The van der Waals surface area contributed by atoms with Gasteiger partial charge in [0.2, 0.25) is 5.88 Å². The molecule has 0 atom stereocenters. The Labute approximate surface area is 129 Å². The summed E-state index contributed by atoms with van der Waals surface area (Å²) in [5.74, 6) is 0.727.